The standard InChI is InChI=1S/C19H25N9O2/c1-4-13-10-30-7-6-28(13)17-14-16(23-11-27(14)3)24-15(25-17)12-8-21-18(22-9-12)26-19(29)20-5-2/h8-9,11,13H,4-7,10H2,1-3H3,(H2,20,21,22,26,29). The number of ether oxygens (including phenoxy) is 1. The Hall–Kier alpha value is -3.34. The van der Waals surface area contributed by atoms with E-state index in [1.807, 2.05) is 18.5 Å². The molecule has 11 nitrogen and oxygen atoms in total. The highest BCUT2D eigenvalue weighted by molar-refractivity contribution is 5.88. The normalized spacial score (nSPS) is 16.6. The first-order valence-electron chi connectivity index (χ1n) is 10.0. The number of nitrogens with zero attached hydrogens (tertiary/aromatic N) is 7. The second-order valence-electron chi connectivity index (χ2n) is 7.01. The first kappa shape index (κ1) is 20.0. The first-order chi connectivity index (χ1) is 14.6. The summed E-state index contributed by atoms with van der Waals surface area (Å²) in [5.41, 5.74) is 2.14. The zero-order valence-corrected chi connectivity index (χ0v) is 17.3. The molecule has 2 amide bonds. The van der Waals surface area contributed by atoms with Gasteiger partial charge >= 0.3 is 6.03 Å². The van der Waals surface area contributed by atoms with E-state index >= 15 is 0 Å². The third kappa shape index (κ3) is 3.88. The molecule has 30 heavy (non-hydrogen) atoms. The van der Waals surface area contributed by atoms with Crippen LogP contribution >= 0.6 is 0 Å². The number of carbonyl (C=O) groups excluding carboxylic acids is 1. The van der Waals surface area contributed by atoms with Crippen LogP contribution in [0.3, 0.4) is 0 Å². The Balaban J connectivity index is 1.71. The molecule has 2 N–H and O–H groups in total. The number of nitrogens with one attached hydrogen (secondary N) is 2. The quantitative estimate of drug-likeness (QED) is 0.649. The van der Waals surface area contributed by atoms with Crippen LogP contribution in [0.1, 0.15) is 20.3 Å². The third-order valence-electron chi connectivity index (χ3n) is 5.00. The summed E-state index contributed by atoms with van der Waals surface area (Å²) in [4.78, 5) is 36.3. The van der Waals surface area contributed by atoms with E-state index in [1.54, 1.807) is 18.7 Å². The van der Waals surface area contributed by atoms with Gasteiger partial charge in [0.15, 0.2) is 17.3 Å². The van der Waals surface area contributed by atoms with E-state index in [9.17, 15) is 4.79 Å². The number of urea groups is 1. The van der Waals surface area contributed by atoms with Crippen molar-refractivity contribution < 1.29 is 9.53 Å². The van der Waals surface area contributed by atoms with Crippen LogP contribution in [0.5, 0.6) is 0 Å². The summed E-state index contributed by atoms with van der Waals surface area (Å²) in [7, 11) is 1.94. The van der Waals surface area contributed by atoms with Crippen molar-refractivity contribution in [2.24, 2.45) is 7.05 Å². The van der Waals surface area contributed by atoms with E-state index in [1.165, 1.54) is 0 Å². The minimum Gasteiger partial charge on any atom is -0.377 e. The molecule has 1 aliphatic heterocycles. The van der Waals surface area contributed by atoms with Crippen molar-refractivity contribution in [1.29, 1.82) is 0 Å². The van der Waals surface area contributed by atoms with Gasteiger partial charge in [0.2, 0.25) is 5.95 Å². The lowest BCUT2D eigenvalue weighted by molar-refractivity contribution is 0.0927. The summed E-state index contributed by atoms with van der Waals surface area (Å²) < 4.78 is 7.60. The number of fused-ring (bicyclic) bond motifs is 1. The summed E-state index contributed by atoms with van der Waals surface area (Å²) in [5, 5.41) is 5.22. The van der Waals surface area contributed by atoms with Crippen LogP contribution in [-0.4, -0.2) is 67.9 Å². The third-order valence-corrected chi connectivity index (χ3v) is 5.00. The molecule has 1 unspecified atom stereocenters. The number of rotatable bonds is 5. The number of hydrogen-bond acceptors (Lipinski definition) is 8. The van der Waals surface area contributed by atoms with E-state index in [0.717, 1.165) is 24.3 Å². The molecular formula is C19H25N9O2. The number of aromatic nitrogens is 6. The van der Waals surface area contributed by atoms with Crippen molar-refractivity contribution in [2.45, 2.75) is 26.3 Å². The van der Waals surface area contributed by atoms with Crippen molar-refractivity contribution in [3.63, 3.8) is 0 Å². The largest absolute Gasteiger partial charge is 0.377 e. The van der Waals surface area contributed by atoms with Crippen molar-refractivity contribution in [2.75, 3.05) is 36.5 Å². The summed E-state index contributed by atoms with van der Waals surface area (Å²) in [5.74, 6) is 1.53. The van der Waals surface area contributed by atoms with Gasteiger partial charge in [0.05, 0.1) is 31.1 Å². The molecule has 158 valence electrons. The van der Waals surface area contributed by atoms with Crippen LogP contribution in [0, 0.1) is 0 Å². The maximum Gasteiger partial charge on any atom is 0.321 e. The van der Waals surface area contributed by atoms with Gasteiger partial charge in [-0.15, -0.1) is 0 Å². The van der Waals surface area contributed by atoms with Gasteiger partial charge in [0.25, 0.3) is 0 Å². The number of imidazole rings is 1. The Labute approximate surface area is 173 Å². The number of hydrogen-bond donors (Lipinski definition) is 2. The molecule has 3 aromatic heterocycles. The first-order valence-corrected chi connectivity index (χ1v) is 10.0. The van der Waals surface area contributed by atoms with Crippen LogP contribution in [-0.2, 0) is 11.8 Å². The Morgan fingerprint density at radius 3 is 2.77 bits per heavy atom. The minimum absolute atomic E-state index is 0.211. The molecule has 0 saturated carbocycles. The Morgan fingerprint density at radius 1 is 1.23 bits per heavy atom. The van der Waals surface area contributed by atoms with Crippen LogP contribution < -0.4 is 15.5 Å². The fourth-order valence-electron chi connectivity index (χ4n) is 3.45. The molecule has 1 aliphatic rings. The van der Waals surface area contributed by atoms with Crippen LogP contribution in [0.15, 0.2) is 18.7 Å². The minimum atomic E-state index is -0.350. The molecular weight excluding hydrogens is 386 g/mol. The zero-order chi connectivity index (χ0) is 21.1. The second-order valence-corrected chi connectivity index (χ2v) is 7.01. The Bertz CT molecular complexity index is 1030. The van der Waals surface area contributed by atoms with Gasteiger partial charge in [-0.3, -0.25) is 5.32 Å². The van der Waals surface area contributed by atoms with Crippen LogP contribution in [0.2, 0.25) is 0 Å². The molecule has 0 aromatic carbocycles. The molecule has 4 rings (SSSR count). The number of amides is 2. The fourth-order valence-corrected chi connectivity index (χ4v) is 3.45. The van der Waals surface area contributed by atoms with Gasteiger partial charge in [0, 0.05) is 32.5 Å². The molecule has 1 fully saturated rings. The summed E-state index contributed by atoms with van der Waals surface area (Å²) >= 11 is 0. The topological polar surface area (TPSA) is 123 Å². The maximum absolute atomic E-state index is 11.6. The molecule has 0 spiro atoms. The van der Waals surface area contributed by atoms with E-state index in [0.29, 0.717) is 36.8 Å². The summed E-state index contributed by atoms with van der Waals surface area (Å²) in [6.07, 6.45) is 5.88. The Kier molecular flexibility index (Phi) is 5.70. The number of carbonyl (C=O) groups is 1. The monoisotopic (exact) mass is 411 g/mol. The van der Waals surface area contributed by atoms with Gasteiger partial charge in [-0.05, 0) is 13.3 Å². The summed E-state index contributed by atoms with van der Waals surface area (Å²) in [6.45, 7) is 6.57. The molecule has 4 heterocycles. The average molecular weight is 411 g/mol. The highest BCUT2D eigenvalue weighted by Crippen LogP contribution is 2.29. The van der Waals surface area contributed by atoms with E-state index < -0.39 is 0 Å². The van der Waals surface area contributed by atoms with Gasteiger partial charge in [-0.2, -0.15) is 0 Å². The van der Waals surface area contributed by atoms with Gasteiger partial charge in [0.1, 0.15) is 5.52 Å². The highest BCUT2D eigenvalue weighted by atomic mass is 16.5. The predicted octanol–water partition coefficient (Wildman–Crippen LogP) is 1.58. The number of morpholine rings is 1. The van der Waals surface area contributed by atoms with Crippen molar-refractivity contribution >= 4 is 29.0 Å². The van der Waals surface area contributed by atoms with Crippen molar-refractivity contribution in [3.05, 3.63) is 18.7 Å². The average Bonchev–Trinajstić information content (AvgIpc) is 3.14. The smallest absolute Gasteiger partial charge is 0.321 e. The lowest BCUT2D eigenvalue weighted by Gasteiger charge is -2.36. The number of anilines is 2. The van der Waals surface area contributed by atoms with E-state index in [2.05, 4.69) is 42.4 Å². The number of aryl methyl sites for hydroxylation is 1. The lowest BCUT2D eigenvalue weighted by atomic mass is 10.1. The maximum atomic E-state index is 11.6. The second kappa shape index (κ2) is 8.57. The SMILES string of the molecule is CCNC(=O)Nc1ncc(-c2nc(N3CCOCC3CC)c3c(ncn3C)n2)cn1. The molecule has 0 aliphatic carbocycles. The Morgan fingerprint density at radius 2 is 2.03 bits per heavy atom. The molecule has 11 heteroatoms. The van der Waals surface area contributed by atoms with Crippen LogP contribution in [0.4, 0.5) is 16.6 Å². The highest BCUT2D eigenvalue weighted by Gasteiger charge is 2.27. The van der Waals surface area contributed by atoms with Gasteiger partial charge in [-0.1, -0.05) is 6.92 Å². The molecule has 1 atom stereocenters. The molecule has 3 aromatic rings. The predicted molar refractivity (Wildman–Crippen MR) is 112 cm³/mol. The molecule has 0 bridgehead atoms. The molecule has 1 saturated heterocycles. The van der Waals surface area contributed by atoms with E-state index in [4.69, 9.17) is 9.72 Å². The van der Waals surface area contributed by atoms with E-state index in [-0.39, 0.29) is 18.0 Å². The van der Waals surface area contributed by atoms with Crippen molar-refractivity contribution in [1.82, 2.24) is 34.8 Å². The van der Waals surface area contributed by atoms with Gasteiger partial charge in [-0.25, -0.2) is 29.7 Å². The van der Waals surface area contributed by atoms with Gasteiger partial charge < -0.3 is 19.5 Å². The fraction of sp³-hybridized carbons (Fsp3) is 0.474. The van der Waals surface area contributed by atoms with Crippen LogP contribution in [0.25, 0.3) is 22.6 Å². The lowest BCUT2D eigenvalue weighted by Crippen LogP contribution is -2.45. The molecule has 0 radical (unpaired) electrons. The zero-order valence-electron chi connectivity index (χ0n) is 17.3. The van der Waals surface area contributed by atoms with Crippen molar-refractivity contribution in [3.8, 4) is 11.4 Å². The summed E-state index contributed by atoms with van der Waals surface area (Å²) in [6, 6.07) is -0.115.